The number of aryl methyl sites for hydroxylation is 1. The Morgan fingerprint density at radius 1 is 0.842 bits per heavy atom. The Morgan fingerprint density at radius 2 is 1.47 bits per heavy atom. The number of hydrogen-bond donors (Lipinski definition) is 2. The molecule has 0 aliphatic heterocycles. The standard InChI is InChI=1S/C8H10ClN.C8H11N/c1-6-7(9)4-3-5-8(6)10-2;1-7-3-5-8(9-2)6-4-7/h3-5,10H,1-2H3;3-6,9H,1-2H3. The average molecular weight is 277 g/mol. The van der Waals surface area contributed by atoms with Crippen molar-refractivity contribution in [3.05, 3.63) is 58.6 Å². The number of rotatable bonds is 2. The molecule has 0 unspecified atom stereocenters. The van der Waals surface area contributed by atoms with Crippen molar-refractivity contribution in [2.45, 2.75) is 13.8 Å². The highest BCUT2D eigenvalue weighted by atomic mass is 35.5. The quantitative estimate of drug-likeness (QED) is 0.829. The molecule has 0 fully saturated rings. The second-order valence-corrected chi connectivity index (χ2v) is 4.69. The van der Waals surface area contributed by atoms with E-state index in [1.807, 2.05) is 39.2 Å². The van der Waals surface area contributed by atoms with E-state index in [0.29, 0.717) is 0 Å². The molecule has 0 saturated heterocycles. The van der Waals surface area contributed by atoms with Crippen molar-refractivity contribution in [3.63, 3.8) is 0 Å². The van der Waals surface area contributed by atoms with Gasteiger partial charge in [0.05, 0.1) is 0 Å². The predicted molar refractivity (Wildman–Crippen MR) is 86.5 cm³/mol. The van der Waals surface area contributed by atoms with Crippen LogP contribution >= 0.6 is 11.6 Å². The molecule has 0 amide bonds. The van der Waals surface area contributed by atoms with Crippen LogP contribution in [0.5, 0.6) is 0 Å². The molecule has 0 aliphatic carbocycles. The third-order valence-corrected chi connectivity index (χ3v) is 3.29. The molecule has 3 heteroatoms. The summed E-state index contributed by atoms with van der Waals surface area (Å²) < 4.78 is 0. The van der Waals surface area contributed by atoms with Crippen molar-refractivity contribution in [2.75, 3.05) is 24.7 Å². The van der Waals surface area contributed by atoms with Crippen LogP contribution in [0.2, 0.25) is 5.02 Å². The Hall–Kier alpha value is -1.67. The average Bonchev–Trinajstić information content (AvgIpc) is 2.43. The maximum absolute atomic E-state index is 5.85. The minimum absolute atomic E-state index is 0.812. The maximum atomic E-state index is 5.85. The minimum Gasteiger partial charge on any atom is -0.388 e. The Labute approximate surface area is 120 Å². The van der Waals surface area contributed by atoms with Crippen molar-refractivity contribution in [2.24, 2.45) is 0 Å². The highest BCUT2D eigenvalue weighted by Crippen LogP contribution is 2.21. The van der Waals surface area contributed by atoms with E-state index in [-0.39, 0.29) is 0 Å². The van der Waals surface area contributed by atoms with Crippen molar-refractivity contribution >= 4 is 23.0 Å². The SMILES string of the molecule is CNc1ccc(C)cc1.CNc1cccc(Cl)c1C. The van der Waals surface area contributed by atoms with Crippen LogP contribution in [0.15, 0.2) is 42.5 Å². The number of hydrogen-bond acceptors (Lipinski definition) is 2. The molecule has 19 heavy (non-hydrogen) atoms. The summed E-state index contributed by atoms with van der Waals surface area (Å²) in [5.41, 5.74) is 4.66. The molecule has 0 heterocycles. The Morgan fingerprint density at radius 3 is 1.95 bits per heavy atom. The van der Waals surface area contributed by atoms with Gasteiger partial charge in [-0.15, -0.1) is 0 Å². The highest BCUT2D eigenvalue weighted by molar-refractivity contribution is 6.31. The molecule has 2 nitrogen and oxygen atoms in total. The summed E-state index contributed by atoms with van der Waals surface area (Å²) in [7, 11) is 3.81. The molecule has 0 spiro atoms. The summed E-state index contributed by atoms with van der Waals surface area (Å²) in [5, 5.41) is 6.92. The maximum Gasteiger partial charge on any atom is 0.0455 e. The van der Waals surface area contributed by atoms with E-state index in [0.717, 1.165) is 16.3 Å². The van der Waals surface area contributed by atoms with E-state index < -0.39 is 0 Å². The third-order valence-electron chi connectivity index (χ3n) is 2.88. The first-order valence-electron chi connectivity index (χ1n) is 6.25. The molecule has 0 atom stereocenters. The summed E-state index contributed by atoms with van der Waals surface area (Å²) in [6.45, 7) is 4.08. The zero-order chi connectivity index (χ0) is 14.3. The largest absolute Gasteiger partial charge is 0.388 e. The Kier molecular flexibility index (Phi) is 6.23. The fraction of sp³-hybridized carbons (Fsp3) is 0.250. The first-order valence-corrected chi connectivity index (χ1v) is 6.63. The molecule has 0 bridgehead atoms. The first kappa shape index (κ1) is 15.4. The lowest BCUT2D eigenvalue weighted by molar-refractivity contribution is 1.41. The third kappa shape index (κ3) is 4.84. The molecular weight excluding hydrogens is 256 g/mol. The lowest BCUT2D eigenvalue weighted by Crippen LogP contribution is -1.90. The van der Waals surface area contributed by atoms with Crippen molar-refractivity contribution < 1.29 is 0 Å². The molecule has 0 aromatic heterocycles. The van der Waals surface area contributed by atoms with Gasteiger partial charge in [0.25, 0.3) is 0 Å². The molecule has 2 rings (SSSR count). The number of halogens is 1. The summed E-state index contributed by atoms with van der Waals surface area (Å²) in [6.07, 6.45) is 0. The monoisotopic (exact) mass is 276 g/mol. The van der Waals surface area contributed by atoms with Gasteiger partial charge < -0.3 is 10.6 Å². The second-order valence-electron chi connectivity index (χ2n) is 4.28. The van der Waals surface area contributed by atoms with E-state index in [1.54, 1.807) is 0 Å². The van der Waals surface area contributed by atoms with Crippen LogP contribution in [0.3, 0.4) is 0 Å². The molecule has 2 aromatic rings. The predicted octanol–water partition coefficient (Wildman–Crippen LogP) is 4.73. The minimum atomic E-state index is 0.812. The topological polar surface area (TPSA) is 24.1 Å². The van der Waals surface area contributed by atoms with Crippen LogP contribution in [0.1, 0.15) is 11.1 Å². The first-order chi connectivity index (χ1) is 9.08. The summed E-state index contributed by atoms with van der Waals surface area (Å²) >= 11 is 5.85. The second kappa shape index (κ2) is 7.70. The number of benzene rings is 2. The van der Waals surface area contributed by atoms with Crippen molar-refractivity contribution in [3.8, 4) is 0 Å². The van der Waals surface area contributed by atoms with Gasteiger partial charge in [-0.25, -0.2) is 0 Å². The molecular formula is C16H21ClN2. The lowest BCUT2D eigenvalue weighted by atomic mass is 10.2. The Bertz CT molecular complexity index is 507. The number of nitrogens with one attached hydrogen (secondary N) is 2. The molecule has 2 N–H and O–H groups in total. The zero-order valence-corrected chi connectivity index (χ0v) is 12.7. The zero-order valence-electron chi connectivity index (χ0n) is 11.9. The Balaban J connectivity index is 0.000000191. The molecule has 102 valence electrons. The summed E-state index contributed by atoms with van der Waals surface area (Å²) in [5.74, 6) is 0. The van der Waals surface area contributed by atoms with Gasteiger partial charge in [-0.1, -0.05) is 35.4 Å². The normalized spacial score (nSPS) is 9.32. The fourth-order valence-electron chi connectivity index (χ4n) is 1.60. The molecule has 0 radical (unpaired) electrons. The van der Waals surface area contributed by atoms with E-state index in [9.17, 15) is 0 Å². The van der Waals surface area contributed by atoms with Crippen LogP contribution in [0, 0.1) is 13.8 Å². The van der Waals surface area contributed by atoms with Gasteiger partial charge in [-0.3, -0.25) is 0 Å². The smallest absolute Gasteiger partial charge is 0.0455 e. The van der Waals surface area contributed by atoms with Crippen LogP contribution in [-0.2, 0) is 0 Å². The van der Waals surface area contributed by atoms with E-state index in [1.165, 1.54) is 11.3 Å². The summed E-state index contributed by atoms with van der Waals surface area (Å²) in [4.78, 5) is 0. The molecule has 2 aromatic carbocycles. The molecule has 0 aliphatic rings. The van der Waals surface area contributed by atoms with Crippen LogP contribution in [-0.4, -0.2) is 14.1 Å². The van der Waals surface area contributed by atoms with Gasteiger partial charge in [0.1, 0.15) is 0 Å². The van der Waals surface area contributed by atoms with Gasteiger partial charge in [0.2, 0.25) is 0 Å². The van der Waals surface area contributed by atoms with Crippen LogP contribution < -0.4 is 10.6 Å². The van der Waals surface area contributed by atoms with E-state index in [4.69, 9.17) is 11.6 Å². The highest BCUT2D eigenvalue weighted by Gasteiger charge is 1.97. The number of anilines is 2. The fourth-order valence-corrected chi connectivity index (χ4v) is 1.77. The van der Waals surface area contributed by atoms with Gasteiger partial charge in [0, 0.05) is 30.5 Å². The summed E-state index contributed by atoms with van der Waals surface area (Å²) in [6, 6.07) is 14.1. The van der Waals surface area contributed by atoms with Gasteiger partial charge in [0.15, 0.2) is 0 Å². The van der Waals surface area contributed by atoms with Gasteiger partial charge in [-0.05, 0) is 43.7 Å². The van der Waals surface area contributed by atoms with E-state index in [2.05, 4.69) is 41.8 Å². The van der Waals surface area contributed by atoms with Crippen molar-refractivity contribution in [1.82, 2.24) is 0 Å². The lowest BCUT2D eigenvalue weighted by Gasteiger charge is -2.04. The van der Waals surface area contributed by atoms with E-state index >= 15 is 0 Å². The van der Waals surface area contributed by atoms with Crippen molar-refractivity contribution in [1.29, 1.82) is 0 Å². The van der Waals surface area contributed by atoms with Crippen LogP contribution in [0.4, 0.5) is 11.4 Å². The molecule has 0 saturated carbocycles. The van der Waals surface area contributed by atoms with Crippen LogP contribution in [0.25, 0.3) is 0 Å². The van der Waals surface area contributed by atoms with Gasteiger partial charge in [-0.2, -0.15) is 0 Å². The van der Waals surface area contributed by atoms with Gasteiger partial charge >= 0.3 is 0 Å².